The number of benzene rings is 2. The predicted octanol–water partition coefficient (Wildman–Crippen LogP) is 5.89. The van der Waals surface area contributed by atoms with Gasteiger partial charge < -0.3 is 19.9 Å². The van der Waals surface area contributed by atoms with Crippen molar-refractivity contribution in [1.29, 1.82) is 0 Å². The van der Waals surface area contributed by atoms with E-state index in [4.69, 9.17) is 17.0 Å². The van der Waals surface area contributed by atoms with Gasteiger partial charge in [-0.3, -0.25) is 4.98 Å². The van der Waals surface area contributed by atoms with E-state index in [2.05, 4.69) is 90.4 Å². The summed E-state index contributed by atoms with van der Waals surface area (Å²) >= 11 is 5.88. The van der Waals surface area contributed by atoms with Crippen LogP contribution in [0.5, 0.6) is 5.75 Å². The van der Waals surface area contributed by atoms with Gasteiger partial charge in [-0.25, -0.2) is 0 Å². The van der Waals surface area contributed by atoms with E-state index < -0.39 is 0 Å². The van der Waals surface area contributed by atoms with Crippen LogP contribution in [0, 0.1) is 0 Å². The number of hydrogen-bond acceptors (Lipinski definition) is 4. The van der Waals surface area contributed by atoms with Crippen molar-refractivity contribution < 1.29 is 4.74 Å². The first kappa shape index (κ1) is 23.4. The number of thiocarbonyl (C=S) groups is 1. The number of rotatable bonds is 5. The number of nitrogens with one attached hydrogen (secondary N) is 1. The Balaban J connectivity index is 1.57. The largest absolute Gasteiger partial charge is 0.497 e. The smallest absolute Gasteiger partial charge is 0.170 e. The molecule has 1 aromatic heterocycles. The average Bonchev–Trinajstić information content (AvgIpc) is 3.19. The van der Waals surface area contributed by atoms with Gasteiger partial charge in [-0.05, 0) is 86.1 Å². The molecule has 3 heterocycles. The van der Waals surface area contributed by atoms with Crippen LogP contribution < -0.4 is 15.0 Å². The van der Waals surface area contributed by atoms with Gasteiger partial charge in [0.1, 0.15) is 5.75 Å². The maximum absolute atomic E-state index is 5.88. The summed E-state index contributed by atoms with van der Waals surface area (Å²) in [6.45, 7) is 7.41. The minimum absolute atomic E-state index is 0.0119. The molecule has 2 aliphatic rings. The maximum atomic E-state index is 5.88. The van der Waals surface area contributed by atoms with Crippen LogP contribution in [0.2, 0.25) is 0 Å². The van der Waals surface area contributed by atoms with Crippen molar-refractivity contribution in [3.8, 4) is 5.75 Å². The number of ether oxygens (including phenoxy) is 1. The zero-order valence-corrected chi connectivity index (χ0v) is 21.8. The number of hydrogen-bond donors (Lipinski definition) is 1. The van der Waals surface area contributed by atoms with Gasteiger partial charge in [0, 0.05) is 31.0 Å². The average molecular weight is 485 g/mol. The normalized spacial score (nSPS) is 20.8. The SMILES string of the molecule is COc1ccc(CN2C(=S)N[C@H](c3ccccn3)[C@@H]2c2ccc3c(c2)C(C)=CC(C)(C)N3C)cc1. The van der Waals surface area contributed by atoms with Crippen LogP contribution in [0.3, 0.4) is 0 Å². The zero-order valence-electron chi connectivity index (χ0n) is 20.9. The van der Waals surface area contributed by atoms with Crippen molar-refractivity contribution >= 4 is 28.6 Å². The molecule has 2 atom stereocenters. The molecule has 35 heavy (non-hydrogen) atoms. The van der Waals surface area contributed by atoms with E-state index in [1.165, 1.54) is 28.0 Å². The molecule has 6 heteroatoms. The molecule has 0 unspecified atom stereocenters. The third-order valence-corrected chi connectivity index (χ3v) is 7.64. The van der Waals surface area contributed by atoms with Gasteiger partial charge in [-0.15, -0.1) is 0 Å². The first-order valence-corrected chi connectivity index (χ1v) is 12.4. The molecule has 0 spiro atoms. The molecule has 0 aliphatic carbocycles. The van der Waals surface area contributed by atoms with Crippen LogP contribution in [0.15, 0.2) is 72.9 Å². The van der Waals surface area contributed by atoms with E-state index in [1.54, 1.807) is 7.11 Å². The van der Waals surface area contributed by atoms with Gasteiger partial charge in [-0.1, -0.05) is 30.3 Å². The third kappa shape index (κ3) is 4.27. The first-order chi connectivity index (χ1) is 16.8. The summed E-state index contributed by atoms with van der Waals surface area (Å²) in [6, 6.07) is 21.1. The van der Waals surface area contributed by atoms with E-state index in [9.17, 15) is 0 Å². The van der Waals surface area contributed by atoms with Gasteiger partial charge in [-0.2, -0.15) is 0 Å². The topological polar surface area (TPSA) is 40.6 Å². The summed E-state index contributed by atoms with van der Waals surface area (Å²) < 4.78 is 5.34. The molecule has 2 aliphatic heterocycles. The summed E-state index contributed by atoms with van der Waals surface area (Å²) in [6.07, 6.45) is 4.20. The highest BCUT2D eigenvalue weighted by molar-refractivity contribution is 7.80. The highest BCUT2D eigenvalue weighted by Crippen LogP contribution is 2.44. The van der Waals surface area contributed by atoms with Gasteiger partial charge >= 0.3 is 0 Å². The molecular formula is C29H32N4OS. The van der Waals surface area contributed by atoms with Gasteiger partial charge in [0.15, 0.2) is 5.11 Å². The first-order valence-electron chi connectivity index (χ1n) is 12.0. The number of methoxy groups -OCH3 is 1. The lowest BCUT2D eigenvalue weighted by molar-refractivity contribution is 0.311. The van der Waals surface area contributed by atoms with Gasteiger partial charge in [0.2, 0.25) is 0 Å². The summed E-state index contributed by atoms with van der Waals surface area (Å²) in [5, 5.41) is 4.31. The highest BCUT2D eigenvalue weighted by atomic mass is 32.1. The molecule has 180 valence electrons. The van der Waals surface area contributed by atoms with Crippen molar-refractivity contribution in [3.05, 3.63) is 95.3 Å². The fraction of sp³-hybridized carbons (Fsp3) is 0.310. The molecule has 0 amide bonds. The molecule has 2 aromatic carbocycles. The number of allylic oxidation sites excluding steroid dienone is 1. The summed E-state index contributed by atoms with van der Waals surface area (Å²) in [5.41, 5.74) is 7.19. The number of aromatic nitrogens is 1. The summed E-state index contributed by atoms with van der Waals surface area (Å²) in [7, 11) is 3.85. The summed E-state index contributed by atoms with van der Waals surface area (Å²) in [5.74, 6) is 0.850. The fourth-order valence-electron chi connectivity index (χ4n) is 5.23. The minimum Gasteiger partial charge on any atom is -0.497 e. The Labute approximate surface area is 213 Å². The Kier molecular flexibility index (Phi) is 6.01. The van der Waals surface area contributed by atoms with Crippen LogP contribution in [0.4, 0.5) is 5.69 Å². The van der Waals surface area contributed by atoms with Gasteiger partial charge in [0.05, 0.1) is 30.4 Å². The van der Waals surface area contributed by atoms with Crippen molar-refractivity contribution in [3.63, 3.8) is 0 Å². The maximum Gasteiger partial charge on any atom is 0.170 e. The Hall–Kier alpha value is -3.38. The number of likely N-dealkylation sites (N-methyl/N-ethyl adjacent to an activating group) is 1. The Morgan fingerprint density at radius 2 is 1.86 bits per heavy atom. The van der Waals surface area contributed by atoms with Crippen LogP contribution in [0.1, 0.15) is 55.2 Å². The van der Waals surface area contributed by atoms with Crippen LogP contribution in [-0.2, 0) is 6.54 Å². The van der Waals surface area contributed by atoms with E-state index in [0.29, 0.717) is 6.54 Å². The third-order valence-electron chi connectivity index (χ3n) is 7.29. The Bertz CT molecular complexity index is 1270. The predicted molar refractivity (Wildman–Crippen MR) is 147 cm³/mol. The lowest BCUT2D eigenvalue weighted by atomic mass is 9.86. The molecule has 0 bridgehead atoms. The molecule has 5 nitrogen and oxygen atoms in total. The lowest BCUT2D eigenvalue weighted by Crippen LogP contribution is -2.42. The van der Waals surface area contributed by atoms with Crippen molar-refractivity contribution in [1.82, 2.24) is 15.2 Å². The molecule has 3 aromatic rings. The van der Waals surface area contributed by atoms with Crippen molar-refractivity contribution in [2.75, 3.05) is 19.1 Å². The van der Waals surface area contributed by atoms with E-state index >= 15 is 0 Å². The van der Waals surface area contributed by atoms with E-state index in [-0.39, 0.29) is 17.6 Å². The molecule has 0 radical (unpaired) electrons. The van der Waals surface area contributed by atoms with Crippen LogP contribution >= 0.6 is 12.2 Å². The quantitative estimate of drug-likeness (QED) is 0.455. The van der Waals surface area contributed by atoms with Crippen molar-refractivity contribution in [2.45, 2.75) is 44.9 Å². The van der Waals surface area contributed by atoms with E-state index in [1.807, 2.05) is 30.5 Å². The molecule has 1 N–H and O–H groups in total. The minimum atomic E-state index is -0.0398. The summed E-state index contributed by atoms with van der Waals surface area (Å²) in [4.78, 5) is 9.32. The molecule has 1 saturated heterocycles. The van der Waals surface area contributed by atoms with Gasteiger partial charge in [0.25, 0.3) is 0 Å². The second kappa shape index (κ2) is 9.00. The van der Waals surface area contributed by atoms with Crippen LogP contribution in [-0.4, -0.2) is 34.7 Å². The Morgan fingerprint density at radius 1 is 1.09 bits per heavy atom. The number of fused-ring (bicyclic) bond motifs is 1. The Morgan fingerprint density at radius 3 is 2.54 bits per heavy atom. The van der Waals surface area contributed by atoms with E-state index in [0.717, 1.165) is 16.6 Å². The standard InChI is InChI=1S/C29H32N4OS/c1-19-17-29(2,3)32(4)25-14-11-21(16-23(19)25)27-26(24-8-6-7-15-30-24)31-28(35)33(27)18-20-9-12-22(34-5)13-10-20/h6-17,26-27H,18H2,1-5H3,(H,31,35)/t26-,27+/m1/s1. The van der Waals surface area contributed by atoms with Crippen molar-refractivity contribution in [2.24, 2.45) is 0 Å². The van der Waals surface area contributed by atoms with Crippen LogP contribution in [0.25, 0.3) is 5.57 Å². The number of anilines is 1. The monoisotopic (exact) mass is 484 g/mol. The molecule has 5 rings (SSSR count). The number of pyridine rings is 1. The molecular weight excluding hydrogens is 452 g/mol. The molecule has 1 fully saturated rings. The second-order valence-corrected chi connectivity index (χ2v) is 10.3. The zero-order chi connectivity index (χ0) is 24.7. The highest BCUT2D eigenvalue weighted by Gasteiger charge is 2.40. The lowest BCUT2D eigenvalue weighted by Gasteiger charge is -2.41. The molecule has 0 saturated carbocycles. The fourth-order valence-corrected chi connectivity index (χ4v) is 5.53. The second-order valence-electron chi connectivity index (χ2n) is 9.92. The number of nitrogens with zero attached hydrogens (tertiary/aromatic N) is 3.